The number of hydrogen-bond donors (Lipinski definition) is 1. The van der Waals surface area contributed by atoms with E-state index in [0.29, 0.717) is 33.8 Å². The van der Waals surface area contributed by atoms with Crippen molar-refractivity contribution in [3.63, 3.8) is 0 Å². The Bertz CT molecular complexity index is 542. The summed E-state index contributed by atoms with van der Waals surface area (Å²) >= 11 is 12.1. The van der Waals surface area contributed by atoms with Crippen LogP contribution in [0.25, 0.3) is 11.5 Å². The number of rotatable bonds is 6. The van der Waals surface area contributed by atoms with Crippen LogP contribution in [0.4, 0.5) is 0 Å². The van der Waals surface area contributed by atoms with Gasteiger partial charge in [-0.2, -0.15) is 0 Å². The molecule has 1 aromatic heterocycles. The highest BCUT2D eigenvalue weighted by atomic mass is 35.5. The molecule has 2 rings (SSSR count). The van der Waals surface area contributed by atoms with Crippen LogP contribution in [0.5, 0.6) is 0 Å². The largest absolute Gasteiger partial charge is 0.421 e. The molecular weight excluding hydrogens is 285 g/mol. The zero-order valence-corrected chi connectivity index (χ0v) is 12.1. The molecule has 0 saturated heterocycles. The summed E-state index contributed by atoms with van der Waals surface area (Å²) in [7, 11) is 0. The fraction of sp³-hybridized carbons (Fsp3) is 0.385. The first kappa shape index (κ1) is 14.3. The van der Waals surface area contributed by atoms with Crippen molar-refractivity contribution in [1.82, 2.24) is 15.5 Å². The van der Waals surface area contributed by atoms with E-state index in [2.05, 4.69) is 22.4 Å². The lowest BCUT2D eigenvalue weighted by Gasteiger charge is -2.00. The smallest absolute Gasteiger partial charge is 0.249 e. The van der Waals surface area contributed by atoms with Crippen LogP contribution in [-0.4, -0.2) is 23.3 Å². The summed E-state index contributed by atoms with van der Waals surface area (Å²) in [6.07, 6.45) is 1.80. The van der Waals surface area contributed by atoms with Gasteiger partial charge in [-0.3, -0.25) is 0 Å². The molecule has 0 radical (unpaired) electrons. The molecule has 102 valence electrons. The number of benzene rings is 1. The van der Waals surface area contributed by atoms with Gasteiger partial charge in [-0.1, -0.05) is 36.2 Å². The molecule has 0 bridgehead atoms. The maximum atomic E-state index is 6.11. The predicted octanol–water partition coefficient (Wildman–Crippen LogP) is 3.59. The molecule has 6 heteroatoms. The van der Waals surface area contributed by atoms with Crippen molar-refractivity contribution in [3.8, 4) is 11.5 Å². The van der Waals surface area contributed by atoms with Crippen molar-refractivity contribution >= 4 is 23.2 Å². The zero-order valence-electron chi connectivity index (χ0n) is 10.6. The maximum absolute atomic E-state index is 6.11. The van der Waals surface area contributed by atoms with Crippen LogP contribution in [0.1, 0.15) is 19.2 Å². The van der Waals surface area contributed by atoms with Gasteiger partial charge in [-0.05, 0) is 25.1 Å². The van der Waals surface area contributed by atoms with Crippen molar-refractivity contribution in [1.29, 1.82) is 0 Å². The summed E-state index contributed by atoms with van der Waals surface area (Å²) < 4.78 is 5.58. The zero-order chi connectivity index (χ0) is 13.7. The Kier molecular flexibility index (Phi) is 5.19. The molecule has 1 N–H and O–H groups in total. The van der Waals surface area contributed by atoms with Crippen molar-refractivity contribution in [2.45, 2.75) is 19.8 Å². The molecule has 0 saturated carbocycles. The third kappa shape index (κ3) is 3.69. The van der Waals surface area contributed by atoms with Crippen molar-refractivity contribution < 1.29 is 4.42 Å². The van der Waals surface area contributed by atoms with Gasteiger partial charge < -0.3 is 9.73 Å². The molecule has 0 aliphatic carbocycles. The number of hydrogen-bond acceptors (Lipinski definition) is 4. The van der Waals surface area contributed by atoms with E-state index in [1.807, 2.05) is 0 Å². The van der Waals surface area contributed by atoms with E-state index < -0.39 is 0 Å². The van der Waals surface area contributed by atoms with Gasteiger partial charge in [0.1, 0.15) is 0 Å². The summed E-state index contributed by atoms with van der Waals surface area (Å²) in [5.74, 6) is 0.993. The van der Waals surface area contributed by atoms with Crippen LogP contribution in [0.3, 0.4) is 0 Å². The average Bonchev–Trinajstić information content (AvgIpc) is 2.87. The van der Waals surface area contributed by atoms with E-state index >= 15 is 0 Å². The van der Waals surface area contributed by atoms with Gasteiger partial charge in [-0.15, -0.1) is 10.2 Å². The first-order valence-electron chi connectivity index (χ1n) is 6.20. The second-order valence-corrected chi connectivity index (χ2v) is 4.89. The number of nitrogens with zero attached hydrogens (tertiary/aromatic N) is 2. The summed E-state index contributed by atoms with van der Waals surface area (Å²) in [6, 6.07) is 5.33. The van der Waals surface area contributed by atoms with Crippen LogP contribution >= 0.6 is 23.2 Å². The first-order chi connectivity index (χ1) is 9.22. The van der Waals surface area contributed by atoms with Crippen LogP contribution in [0, 0.1) is 0 Å². The Morgan fingerprint density at radius 3 is 2.84 bits per heavy atom. The molecule has 0 spiro atoms. The molecule has 1 aromatic carbocycles. The lowest BCUT2D eigenvalue weighted by molar-refractivity contribution is 0.494. The summed E-state index contributed by atoms with van der Waals surface area (Å²) in [5, 5.41) is 12.2. The second-order valence-electron chi connectivity index (χ2n) is 4.10. The third-order valence-electron chi connectivity index (χ3n) is 2.59. The minimum Gasteiger partial charge on any atom is -0.421 e. The Morgan fingerprint density at radius 2 is 2.05 bits per heavy atom. The van der Waals surface area contributed by atoms with Crippen molar-refractivity contribution in [2.24, 2.45) is 0 Å². The molecule has 0 aliphatic heterocycles. The molecular formula is C13H15Cl2N3O. The minimum absolute atomic E-state index is 0.401. The average molecular weight is 300 g/mol. The molecule has 19 heavy (non-hydrogen) atoms. The van der Waals surface area contributed by atoms with Crippen LogP contribution in [0.2, 0.25) is 10.0 Å². The number of nitrogens with one attached hydrogen (secondary N) is 1. The number of aromatic nitrogens is 2. The van der Waals surface area contributed by atoms with Gasteiger partial charge in [0.05, 0.1) is 15.6 Å². The second kappa shape index (κ2) is 6.89. The van der Waals surface area contributed by atoms with E-state index in [-0.39, 0.29) is 0 Å². The van der Waals surface area contributed by atoms with Crippen LogP contribution < -0.4 is 5.32 Å². The predicted molar refractivity (Wildman–Crippen MR) is 76.6 cm³/mol. The molecule has 0 amide bonds. The lowest BCUT2D eigenvalue weighted by Crippen LogP contribution is -2.17. The van der Waals surface area contributed by atoms with Gasteiger partial charge in [0.25, 0.3) is 0 Å². The SMILES string of the molecule is CCCNCCc1nnc(-c2cccc(Cl)c2Cl)o1. The quantitative estimate of drug-likeness (QED) is 0.828. The molecule has 0 unspecified atom stereocenters. The molecule has 0 fully saturated rings. The normalized spacial score (nSPS) is 10.9. The molecule has 0 atom stereocenters. The van der Waals surface area contributed by atoms with Gasteiger partial charge in [0.15, 0.2) is 0 Å². The Labute approximate surface area is 122 Å². The highest BCUT2D eigenvalue weighted by Gasteiger charge is 2.13. The summed E-state index contributed by atoms with van der Waals surface area (Å²) in [4.78, 5) is 0. The third-order valence-corrected chi connectivity index (χ3v) is 3.41. The topological polar surface area (TPSA) is 51.0 Å². The fourth-order valence-electron chi connectivity index (χ4n) is 1.63. The minimum atomic E-state index is 0.401. The monoisotopic (exact) mass is 299 g/mol. The fourth-order valence-corrected chi connectivity index (χ4v) is 2.01. The van der Waals surface area contributed by atoms with E-state index in [4.69, 9.17) is 27.6 Å². The summed E-state index contributed by atoms with van der Waals surface area (Å²) in [6.45, 7) is 3.93. The van der Waals surface area contributed by atoms with Gasteiger partial charge in [0.2, 0.25) is 11.8 Å². The van der Waals surface area contributed by atoms with E-state index in [1.54, 1.807) is 18.2 Å². The lowest BCUT2D eigenvalue weighted by atomic mass is 10.2. The maximum Gasteiger partial charge on any atom is 0.249 e. The Morgan fingerprint density at radius 1 is 1.21 bits per heavy atom. The highest BCUT2D eigenvalue weighted by molar-refractivity contribution is 6.43. The first-order valence-corrected chi connectivity index (χ1v) is 6.95. The van der Waals surface area contributed by atoms with Crippen molar-refractivity contribution in [2.75, 3.05) is 13.1 Å². The highest BCUT2D eigenvalue weighted by Crippen LogP contribution is 2.32. The number of halogens is 2. The molecule has 1 heterocycles. The van der Waals surface area contributed by atoms with Gasteiger partial charge >= 0.3 is 0 Å². The van der Waals surface area contributed by atoms with Crippen LogP contribution in [0.15, 0.2) is 22.6 Å². The Hall–Kier alpha value is -1.10. The van der Waals surface area contributed by atoms with Gasteiger partial charge in [0, 0.05) is 13.0 Å². The van der Waals surface area contributed by atoms with Crippen molar-refractivity contribution in [3.05, 3.63) is 34.1 Å². The standard InChI is InChI=1S/C13H15Cl2N3O/c1-2-7-16-8-6-11-17-18-13(19-11)9-4-3-5-10(14)12(9)15/h3-5,16H,2,6-8H2,1H3. The van der Waals surface area contributed by atoms with E-state index in [9.17, 15) is 0 Å². The Balaban J connectivity index is 2.06. The van der Waals surface area contributed by atoms with E-state index in [1.165, 1.54) is 0 Å². The summed E-state index contributed by atoms with van der Waals surface area (Å²) in [5.41, 5.74) is 0.662. The van der Waals surface area contributed by atoms with Gasteiger partial charge in [-0.25, -0.2) is 0 Å². The molecule has 0 aliphatic rings. The van der Waals surface area contributed by atoms with E-state index in [0.717, 1.165) is 19.5 Å². The van der Waals surface area contributed by atoms with Crippen LogP contribution in [-0.2, 0) is 6.42 Å². The molecule has 4 nitrogen and oxygen atoms in total. The molecule has 2 aromatic rings.